The van der Waals surface area contributed by atoms with Gasteiger partial charge < -0.3 is 15.0 Å². The van der Waals surface area contributed by atoms with E-state index >= 15 is 0 Å². The lowest BCUT2D eigenvalue weighted by atomic mass is 10.2. The average Bonchev–Trinajstić information content (AvgIpc) is 3.13. The summed E-state index contributed by atoms with van der Waals surface area (Å²) in [6, 6.07) is 13.9. The molecule has 0 aliphatic rings. The topological polar surface area (TPSA) is 76.5 Å². The van der Waals surface area contributed by atoms with E-state index in [1.54, 1.807) is 48.3 Å². The quantitative estimate of drug-likeness (QED) is 0.671. The Bertz CT molecular complexity index is 1030. The standard InChI is InChI=1S/C21H21ClN4O3/c1-14-10-11-23-26(14)17-7-4-15(5-8-17)21(28)25(2)13-20(27)24-18-12-16(22)6-9-19(18)29-3/h4-12H,13H2,1-3H3,(H,24,27). The molecule has 0 saturated carbocycles. The maximum Gasteiger partial charge on any atom is 0.254 e. The van der Waals surface area contributed by atoms with Crippen LogP contribution in [0.15, 0.2) is 54.7 Å². The number of carbonyl (C=O) groups is 2. The number of nitrogens with one attached hydrogen (secondary N) is 1. The molecule has 3 aromatic rings. The molecule has 0 saturated heterocycles. The van der Waals surface area contributed by atoms with Gasteiger partial charge in [0.25, 0.3) is 5.91 Å². The number of halogens is 1. The normalized spacial score (nSPS) is 10.5. The molecule has 150 valence electrons. The summed E-state index contributed by atoms with van der Waals surface area (Å²) in [4.78, 5) is 26.4. The molecular weight excluding hydrogens is 392 g/mol. The van der Waals surface area contributed by atoms with Gasteiger partial charge in [-0.1, -0.05) is 11.6 Å². The maximum atomic E-state index is 12.7. The molecule has 1 aromatic heterocycles. The number of methoxy groups -OCH3 is 1. The first-order chi connectivity index (χ1) is 13.9. The third-order valence-electron chi connectivity index (χ3n) is 4.35. The van der Waals surface area contributed by atoms with Crippen LogP contribution in [-0.4, -0.2) is 47.2 Å². The van der Waals surface area contributed by atoms with Crippen molar-refractivity contribution < 1.29 is 14.3 Å². The summed E-state index contributed by atoms with van der Waals surface area (Å²) in [7, 11) is 3.08. The molecule has 0 unspecified atom stereocenters. The molecular formula is C21H21ClN4O3. The Morgan fingerprint density at radius 3 is 2.52 bits per heavy atom. The summed E-state index contributed by atoms with van der Waals surface area (Å²) in [6.07, 6.45) is 1.72. The van der Waals surface area contributed by atoms with E-state index in [0.717, 1.165) is 11.4 Å². The van der Waals surface area contributed by atoms with Crippen LogP contribution in [0, 0.1) is 6.92 Å². The Morgan fingerprint density at radius 1 is 1.17 bits per heavy atom. The second kappa shape index (κ2) is 8.79. The maximum absolute atomic E-state index is 12.7. The number of rotatable bonds is 6. The lowest BCUT2D eigenvalue weighted by Crippen LogP contribution is -2.35. The molecule has 0 atom stereocenters. The summed E-state index contributed by atoms with van der Waals surface area (Å²) in [5.41, 5.74) is 2.78. The number of likely N-dealkylation sites (N-methyl/N-ethyl adjacent to an activating group) is 1. The number of hydrogen-bond donors (Lipinski definition) is 1. The van der Waals surface area contributed by atoms with Crippen molar-refractivity contribution in [1.82, 2.24) is 14.7 Å². The highest BCUT2D eigenvalue weighted by molar-refractivity contribution is 6.31. The Labute approximate surface area is 173 Å². The summed E-state index contributed by atoms with van der Waals surface area (Å²) < 4.78 is 6.99. The van der Waals surface area contributed by atoms with Crippen LogP contribution in [0.2, 0.25) is 5.02 Å². The van der Waals surface area contributed by atoms with Crippen molar-refractivity contribution in [2.45, 2.75) is 6.92 Å². The molecule has 2 aromatic carbocycles. The molecule has 0 aliphatic heterocycles. The number of benzene rings is 2. The molecule has 1 heterocycles. The third kappa shape index (κ3) is 4.75. The summed E-state index contributed by atoms with van der Waals surface area (Å²) >= 11 is 5.98. The molecule has 0 fully saturated rings. The van der Waals surface area contributed by atoms with Gasteiger partial charge in [0.05, 0.1) is 25.0 Å². The fourth-order valence-electron chi connectivity index (χ4n) is 2.86. The number of carbonyl (C=O) groups excluding carboxylic acids is 2. The lowest BCUT2D eigenvalue weighted by Gasteiger charge is -2.18. The first-order valence-electron chi connectivity index (χ1n) is 8.89. The van der Waals surface area contributed by atoms with Gasteiger partial charge in [-0.15, -0.1) is 0 Å². The molecule has 8 heteroatoms. The van der Waals surface area contributed by atoms with E-state index in [4.69, 9.17) is 16.3 Å². The molecule has 0 aliphatic carbocycles. The molecule has 1 N–H and O–H groups in total. The minimum absolute atomic E-state index is 0.117. The highest BCUT2D eigenvalue weighted by Crippen LogP contribution is 2.27. The second-order valence-corrected chi connectivity index (χ2v) is 6.92. The van der Waals surface area contributed by atoms with Gasteiger partial charge in [-0.2, -0.15) is 5.10 Å². The zero-order valence-electron chi connectivity index (χ0n) is 16.3. The van der Waals surface area contributed by atoms with Crippen molar-refractivity contribution >= 4 is 29.1 Å². The van der Waals surface area contributed by atoms with Crippen molar-refractivity contribution in [1.29, 1.82) is 0 Å². The van der Waals surface area contributed by atoms with Gasteiger partial charge in [0.2, 0.25) is 5.91 Å². The third-order valence-corrected chi connectivity index (χ3v) is 4.59. The first-order valence-corrected chi connectivity index (χ1v) is 9.26. The number of nitrogens with zero attached hydrogens (tertiary/aromatic N) is 3. The SMILES string of the molecule is COc1ccc(Cl)cc1NC(=O)CN(C)C(=O)c1ccc(-n2nccc2C)cc1. The molecule has 29 heavy (non-hydrogen) atoms. The van der Waals surface area contributed by atoms with Gasteiger partial charge in [0.15, 0.2) is 0 Å². The smallest absolute Gasteiger partial charge is 0.254 e. The Kier molecular flexibility index (Phi) is 6.19. The highest BCUT2D eigenvalue weighted by atomic mass is 35.5. The predicted octanol–water partition coefficient (Wildman–Crippen LogP) is 3.55. The van der Waals surface area contributed by atoms with Crippen molar-refractivity contribution in [2.75, 3.05) is 26.0 Å². The lowest BCUT2D eigenvalue weighted by molar-refractivity contribution is -0.116. The van der Waals surface area contributed by atoms with Gasteiger partial charge in [0.1, 0.15) is 5.75 Å². The Balaban J connectivity index is 1.65. The molecule has 0 radical (unpaired) electrons. The van der Waals surface area contributed by atoms with Crippen molar-refractivity contribution in [2.24, 2.45) is 0 Å². The summed E-state index contributed by atoms with van der Waals surface area (Å²) in [5.74, 6) is -0.131. The number of aryl methyl sites for hydroxylation is 1. The van der Waals surface area contributed by atoms with Crippen molar-refractivity contribution in [3.8, 4) is 11.4 Å². The van der Waals surface area contributed by atoms with Gasteiger partial charge in [-0.25, -0.2) is 4.68 Å². The minimum Gasteiger partial charge on any atom is -0.495 e. The zero-order valence-corrected chi connectivity index (χ0v) is 17.1. The van der Waals surface area contributed by atoms with Gasteiger partial charge >= 0.3 is 0 Å². The fraction of sp³-hybridized carbons (Fsp3) is 0.190. The number of amides is 2. The largest absolute Gasteiger partial charge is 0.495 e. The Morgan fingerprint density at radius 2 is 1.90 bits per heavy atom. The molecule has 7 nitrogen and oxygen atoms in total. The van der Waals surface area contributed by atoms with Crippen LogP contribution in [0.25, 0.3) is 5.69 Å². The summed E-state index contributed by atoms with van der Waals surface area (Å²) in [5, 5.41) is 7.43. The van der Waals surface area contributed by atoms with Crippen LogP contribution in [0.3, 0.4) is 0 Å². The van der Waals surface area contributed by atoms with Crippen LogP contribution in [0.5, 0.6) is 5.75 Å². The van der Waals surface area contributed by atoms with Crippen LogP contribution in [-0.2, 0) is 4.79 Å². The van der Waals surface area contributed by atoms with E-state index in [2.05, 4.69) is 10.4 Å². The van der Waals surface area contributed by atoms with E-state index < -0.39 is 0 Å². The highest BCUT2D eigenvalue weighted by Gasteiger charge is 2.16. The van der Waals surface area contributed by atoms with Gasteiger partial charge in [-0.05, 0) is 55.5 Å². The van der Waals surface area contributed by atoms with Gasteiger partial charge in [0, 0.05) is 29.5 Å². The molecule has 0 bridgehead atoms. The molecule has 2 amide bonds. The molecule has 0 spiro atoms. The summed E-state index contributed by atoms with van der Waals surface area (Å²) in [6.45, 7) is 1.84. The van der Waals surface area contributed by atoms with Crippen molar-refractivity contribution in [3.05, 3.63) is 71.0 Å². The van der Waals surface area contributed by atoms with E-state index in [1.807, 2.05) is 25.1 Å². The minimum atomic E-state index is -0.356. The fourth-order valence-corrected chi connectivity index (χ4v) is 3.03. The number of ether oxygens (including phenoxy) is 1. The molecule has 3 rings (SSSR count). The van der Waals surface area contributed by atoms with Crippen LogP contribution in [0.1, 0.15) is 16.1 Å². The number of aromatic nitrogens is 2. The van der Waals surface area contributed by atoms with E-state index in [1.165, 1.54) is 12.0 Å². The number of anilines is 1. The van der Waals surface area contributed by atoms with Crippen LogP contribution < -0.4 is 10.1 Å². The second-order valence-electron chi connectivity index (χ2n) is 6.49. The van der Waals surface area contributed by atoms with Crippen LogP contribution in [0.4, 0.5) is 5.69 Å². The zero-order chi connectivity index (χ0) is 21.0. The van der Waals surface area contributed by atoms with Crippen molar-refractivity contribution in [3.63, 3.8) is 0 Å². The predicted molar refractivity (Wildman–Crippen MR) is 112 cm³/mol. The van der Waals surface area contributed by atoms with E-state index in [0.29, 0.717) is 22.0 Å². The van der Waals surface area contributed by atoms with Gasteiger partial charge in [-0.3, -0.25) is 9.59 Å². The first kappa shape index (κ1) is 20.4. The average molecular weight is 413 g/mol. The Hall–Kier alpha value is -3.32. The van der Waals surface area contributed by atoms with E-state index in [-0.39, 0.29) is 18.4 Å². The van der Waals surface area contributed by atoms with Crippen LogP contribution >= 0.6 is 11.6 Å². The van der Waals surface area contributed by atoms with E-state index in [9.17, 15) is 9.59 Å². The number of hydrogen-bond acceptors (Lipinski definition) is 4. The monoisotopic (exact) mass is 412 g/mol.